The molecule has 2 rings (SSSR count). The number of carbonyl (C=O) groups excluding carboxylic acids is 2. The van der Waals surface area contributed by atoms with Crippen molar-refractivity contribution in [2.75, 3.05) is 10.4 Å². The van der Waals surface area contributed by atoms with Crippen LogP contribution in [0.5, 0.6) is 11.5 Å². The number of hydrogen-bond acceptors (Lipinski definition) is 4. The molecule has 0 aromatic heterocycles. The Hall–Kier alpha value is -3.09. The number of aromatic hydroxyl groups is 1. The molecule has 2 N–H and O–H groups in total. The third kappa shape index (κ3) is 7.02. The molecular formula is C30H43FN2O4. The second-order valence-corrected chi connectivity index (χ2v) is 10.8. The molecule has 37 heavy (non-hydrogen) atoms. The van der Waals surface area contributed by atoms with Gasteiger partial charge in [-0.1, -0.05) is 78.1 Å². The minimum absolute atomic E-state index is 0.00219. The van der Waals surface area contributed by atoms with E-state index in [1.807, 2.05) is 19.1 Å². The van der Waals surface area contributed by atoms with Crippen LogP contribution in [-0.4, -0.2) is 23.0 Å². The standard InChI is InChI=1S/C30H43FN2O4/c1-9-14-26(35)33(31)27-22(15-13-16-23(27)34)32-28(36)24(10-2)37-25-18-17-20(29(5,6)11-3)19-21(25)30(7,8)12-4/h13,15-19,24,34H,9-12,14H2,1-8H3,(H,32,36). The molecule has 0 radical (unpaired) electrons. The Labute approximate surface area is 221 Å². The van der Waals surface area contributed by atoms with Crippen molar-refractivity contribution in [1.29, 1.82) is 0 Å². The van der Waals surface area contributed by atoms with Crippen molar-refractivity contribution < 1.29 is 23.9 Å². The molecule has 0 heterocycles. The van der Waals surface area contributed by atoms with Crippen LogP contribution >= 0.6 is 0 Å². The van der Waals surface area contributed by atoms with Gasteiger partial charge in [0.2, 0.25) is 0 Å². The van der Waals surface area contributed by atoms with Crippen molar-refractivity contribution in [3.05, 3.63) is 47.5 Å². The number of nitrogens with zero attached hydrogens (tertiary/aromatic N) is 1. The average Bonchev–Trinajstić information content (AvgIpc) is 2.86. The van der Waals surface area contributed by atoms with E-state index in [0.29, 0.717) is 18.6 Å². The lowest BCUT2D eigenvalue weighted by Crippen LogP contribution is -2.34. The molecule has 0 fully saturated rings. The summed E-state index contributed by atoms with van der Waals surface area (Å²) in [5.74, 6) is -1.11. The summed E-state index contributed by atoms with van der Waals surface area (Å²) in [5, 5.41) is 12.8. The largest absolute Gasteiger partial charge is 0.506 e. The van der Waals surface area contributed by atoms with Gasteiger partial charge < -0.3 is 15.2 Å². The molecule has 0 bridgehead atoms. The number of benzene rings is 2. The number of carbonyl (C=O) groups is 2. The average molecular weight is 515 g/mol. The number of rotatable bonds is 12. The molecule has 7 heteroatoms. The van der Waals surface area contributed by atoms with Crippen molar-refractivity contribution in [1.82, 2.24) is 0 Å². The van der Waals surface area contributed by atoms with Gasteiger partial charge in [0.25, 0.3) is 11.8 Å². The molecule has 204 valence electrons. The molecule has 2 amide bonds. The first-order valence-electron chi connectivity index (χ1n) is 13.3. The van der Waals surface area contributed by atoms with Gasteiger partial charge in [-0.05, 0) is 60.3 Å². The lowest BCUT2D eigenvalue weighted by atomic mass is 9.76. The fourth-order valence-electron chi connectivity index (χ4n) is 3.94. The predicted octanol–water partition coefficient (Wildman–Crippen LogP) is 7.58. The number of phenols is 1. The molecule has 1 atom stereocenters. The summed E-state index contributed by atoms with van der Waals surface area (Å²) < 4.78 is 21.1. The molecule has 1 unspecified atom stereocenters. The van der Waals surface area contributed by atoms with Crippen LogP contribution < -0.4 is 15.2 Å². The van der Waals surface area contributed by atoms with Gasteiger partial charge in [-0.2, -0.15) is 0 Å². The van der Waals surface area contributed by atoms with E-state index in [2.05, 4.69) is 52.9 Å². The maximum atomic E-state index is 14.8. The van der Waals surface area contributed by atoms with Crippen molar-refractivity contribution in [3.63, 3.8) is 0 Å². The second kappa shape index (κ2) is 12.4. The van der Waals surface area contributed by atoms with E-state index in [-0.39, 0.29) is 33.7 Å². The van der Waals surface area contributed by atoms with Gasteiger partial charge >= 0.3 is 0 Å². The van der Waals surface area contributed by atoms with Crippen molar-refractivity contribution in [3.8, 4) is 11.5 Å². The van der Waals surface area contributed by atoms with E-state index < -0.39 is 23.7 Å². The fraction of sp³-hybridized carbons (Fsp3) is 0.533. The van der Waals surface area contributed by atoms with Crippen molar-refractivity contribution in [2.24, 2.45) is 0 Å². The summed E-state index contributed by atoms with van der Waals surface area (Å²) in [5.41, 5.74) is 1.66. The summed E-state index contributed by atoms with van der Waals surface area (Å²) in [4.78, 5) is 25.4. The second-order valence-electron chi connectivity index (χ2n) is 10.8. The Morgan fingerprint density at radius 1 is 1.03 bits per heavy atom. The Morgan fingerprint density at radius 2 is 1.68 bits per heavy atom. The van der Waals surface area contributed by atoms with Crippen LogP contribution in [0, 0.1) is 0 Å². The summed E-state index contributed by atoms with van der Waals surface area (Å²) in [6.45, 7) is 16.6. The topological polar surface area (TPSA) is 78.9 Å². The van der Waals surface area contributed by atoms with E-state index in [9.17, 15) is 19.2 Å². The first-order chi connectivity index (χ1) is 17.3. The third-order valence-electron chi connectivity index (χ3n) is 7.34. The normalized spacial score (nSPS) is 12.7. The lowest BCUT2D eigenvalue weighted by molar-refractivity contribution is -0.123. The molecular weight excluding hydrogens is 471 g/mol. The van der Waals surface area contributed by atoms with Crippen LogP contribution in [0.25, 0.3) is 0 Å². The van der Waals surface area contributed by atoms with Crippen LogP contribution in [0.2, 0.25) is 0 Å². The van der Waals surface area contributed by atoms with E-state index in [1.165, 1.54) is 23.8 Å². The molecule has 2 aromatic carbocycles. The molecule has 0 saturated heterocycles. The van der Waals surface area contributed by atoms with Crippen molar-refractivity contribution in [2.45, 2.75) is 104 Å². The lowest BCUT2D eigenvalue weighted by Gasteiger charge is -2.31. The molecule has 0 aliphatic carbocycles. The molecule has 0 saturated carbocycles. The third-order valence-corrected chi connectivity index (χ3v) is 7.34. The van der Waals surface area contributed by atoms with Gasteiger partial charge in [0, 0.05) is 12.0 Å². The molecule has 0 spiro atoms. The summed E-state index contributed by atoms with van der Waals surface area (Å²) in [6, 6.07) is 10.3. The molecule has 0 aliphatic rings. The first-order valence-corrected chi connectivity index (χ1v) is 13.3. The number of amides is 2. The fourth-order valence-corrected chi connectivity index (χ4v) is 3.94. The van der Waals surface area contributed by atoms with Crippen LogP contribution in [-0.2, 0) is 20.4 Å². The van der Waals surface area contributed by atoms with E-state index in [0.717, 1.165) is 18.4 Å². The van der Waals surface area contributed by atoms with Crippen LogP contribution in [0.15, 0.2) is 36.4 Å². The van der Waals surface area contributed by atoms with Gasteiger partial charge in [-0.3, -0.25) is 9.59 Å². The van der Waals surface area contributed by atoms with Gasteiger partial charge in [0.15, 0.2) is 6.10 Å². The van der Waals surface area contributed by atoms with Gasteiger partial charge in [-0.25, -0.2) is 0 Å². The Bertz CT molecular complexity index is 1100. The highest BCUT2D eigenvalue weighted by molar-refractivity contribution is 6.02. The molecule has 0 aliphatic heterocycles. The molecule has 2 aromatic rings. The first kappa shape index (κ1) is 30.1. The maximum absolute atomic E-state index is 14.8. The summed E-state index contributed by atoms with van der Waals surface area (Å²) in [7, 11) is 0. The number of para-hydroxylation sites is 1. The predicted molar refractivity (Wildman–Crippen MR) is 148 cm³/mol. The number of hydrogen-bond donors (Lipinski definition) is 2. The number of nitrogens with one attached hydrogen (secondary N) is 1. The zero-order chi connectivity index (χ0) is 28.0. The monoisotopic (exact) mass is 514 g/mol. The van der Waals surface area contributed by atoms with Crippen LogP contribution in [0.1, 0.15) is 98.6 Å². The highest BCUT2D eigenvalue weighted by Gasteiger charge is 2.30. The van der Waals surface area contributed by atoms with Gasteiger partial charge in [0.05, 0.1) is 5.69 Å². The highest BCUT2D eigenvalue weighted by atomic mass is 19.2. The number of halogens is 1. The number of anilines is 2. The van der Waals surface area contributed by atoms with Crippen molar-refractivity contribution >= 4 is 23.2 Å². The minimum atomic E-state index is -0.869. The highest BCUT2D eigenvalue weighted by Crippen LogP contribution is 2.40. The number of ether oxygens (including phenoxy) is 1. The Balaban J connectivity index is 2.41. The zero-order valence-corrected chi connectivity index (χ0v) is 23.6. The minimum Gasteiger partial charge on any atom is -0.506 e. The maximum Gasteiger partial charge on any atom is 0.265 e. The number of phenolic OH excluding ortho intramolecular Hbond substituents is 1. The van der Waals surface area contributed by atoms with Crippen LogP contribution in [0.3, 0.4) is 0 Å². The zero-order valence-electron chi connectivity index (χ0n) is 23.6. The van der Waals surface area contributed by atoms with E-state index in [1.54, 1.807) is 6.92 Å². The quantitative estimate of drug-likeness (QED) is 0.286. The smallest absolute Gasteiger partial charge is 0.265 e. The Morgan fingerprint density at radius 3 is 2.24 bits per heavy atom. The van der Waals surface area contributed by atoms with Gasteiger partial charge in [-0.15, -0.1) is 5.12 Å². The van der Waals surface area contributed by atoms with E-state index in [4.69, 9.17) is 4.74 Å². The summed E-state index contributed by atoms with van der Waals surface area (Å²) >= 11 is 0. The Kier molecular flexibility index (Phi) is 10.1. The van der Waals surface area contributed by atoms with Crippen LogP contribution in [0.4, 0.5) is 15.9 Å². The SMILES string of the molecule is CCCC(=O)N(F)c1c(O)cccc1NC(=O)C(CC)Oc1ccc(C(C)(C)CC)cc1C(C)(C)CC. The molecule has 6 nitrogen and oxygen atoms in total. The van der Waals surface area contributed by atoms with Gasteiger partial charge in [0.1, 0.15) is 17.2 Å². The van der Waals surface area contributed by atoms with E-state index >= 15 is 0 Å². The summed E-state index contributed by atoms with van der Waals surface area (Å²) in [6.07, 6.45) is 1.78.